The van der Waals surface area contributed by atoms with Gasteiger partial charge in [0.15, 0.2) is 0 Å². The van der Waals surface area contributed by atoms with Crippen LogP contribution < -0.4 is 14.4 Å². The molecule has 4 nitrogen and oxygen atoms in total. The molecule has 0 unspecified atom stereocenters. The number of rotatable bonds is 7. The molecular formula is C29H34N2O2. The molecule has 0 bridgehead atoms. The Labute approximate surface area is 197 Å². The molecule has 1 heterocycles. The third-order valence-corrected chi connectivity index (χ3v) is 6.84. The number of anilines is 1. The second-order valence-corrected chi connectivity index (χ2v) is 9.36. The van der Waals surface area contributed by atoms with Crippen LogP contribution in [0.1, 0.15) is 31.4 Å². The van der Waals surface area contributed by atoms with E-state index in [1.165, 1.54) is 33.2 Å². The van der Waals surface area contributed by atoms with E-state index in [1.54, 1.807) is 7.11 Å². The Morgan fingerprint density at radius 3 is 2.52 bits per heavy atom. The van der Waals surface area contributed by atoms with Crippen LogP contribution >= 0.6 is 0 Å². The average molecular weight is 443 g/mol. The number of hydrogen-bond acceptors (Lipinski definition) is 4. The molecule has 5 rings (SSSR count). The summed E-state index contributed by atoms with van der Waals surface area (Å²) in [6.07, 6.45) is 4.73. The molecule has 2 aliphatic rings. The SMILES string of the molecule is COc1ccc2c(c1)C(CCN1CCN(c3cccc4ccc(OC(C)C)cc34)CC1)=CC2. The van der Waals surface area contributed by atoms with Crippen molar-refractivity contribution in [1.82, 2.24) is 4.90 Å². The van der Waals surface area contributed by atoms with E-state index in [4.69, 9.17) is 9.47 Å². The van der Waals surface area contributed by atoms with E-state index >= 15 is 0 Å². The van der Waals surface area contributed by atoms with Gasteiger partial charge in [-0.3, -0.25) is 4.90 Å². The molecule has 0 N–H and O–H groups in total. The molecule has 1 aliphatic heterocycles. The summed E-state index contributed by atoms with van der Waals surface area (Å²) in [7, 11) is 1.74. The van der Waals surface area contributed by atoms with Crippen LogP contribution in [0.4, 0.5) is 5.69 Å². The van der Waals surface area contributed by atoms with E-state index < -0.39 is 0 Å². The first-order chi connectivity index (χ1) is 16.1. The topological polar surface area (TPSA) is 24.9 Å². The third kappa shape index (κ3) is 4.72. The highest BCUT2D eigenvalue weighted by atomic mass is 16.5. The Kier molecular flexibility index (Phi) is 6.28. The van der Waals surface area contributed by atoms with Crippen molar-refractivity contribution in [2.45, 2.75) is 32.8 Å². The first-order valence-corrected chi connectivity index (χ1v) is 12.1. The van der Waals surface area contributed by atoms with E-state index in [2.05, 4.69) is 84.3 Å². The Bertz CT molecular complexity index is 1160. The van der Waals surface area contributed by atoms with Crippen LogP contribution in [0, 0.1) is 0 Å². The number of piperazine rings is 1. The van der Waals surface area contributed by atoms with Crippen molar-refractivity contribution < 1.29 is 9.47 Å². The number of benzene rings is 3. The lowest BCUT2D eigenvalue weighted by molar-refractivity contribution is 0.243. The van der Waals surface area contributed by atoms with Crippen molar-refractivity contribution in [3.63, 3.8) is 0 Å². The summed E-state index contributed by atoms with van der Waals surface area (Å²) in [6, 6.07) is 19.6. The van der Waals surface area contributed by atoms with E-state index in [0.717, 1.165) is 57.1 Å². The maximum atomic E-state index is 5.96. The zero-order valence-corrected chi connectivity index (χ0v) is 20.0. The molecule has 4 heteroatoms. The molecule has 0 atom stereocenters. The summed E-state index contributed by atoms with van der Waals surface area (Å²) in [5.41, 5.74) is 5.59. The molecule has 172 valence electrons. The van der Waals surface area contributed by atoms with Crippen LogP contribution in [0.15, 0.2) is 60.7 Å². The molecule has 0 aromatic heterocycles. The first-order valence-electron chi connectivity index (χ1n) is 12.1. The average Bonchev–Trinajstić information content (AvgIpc) is 3.24. The third-order valence-electron chi connectivity index (χ3n) is 6.84. The lowest BCUT2D eigenvalue weighted by Crippen LogP contribution is -2.46. The van der Waals surface area contributed by atoms with Gasteiger partial charge in [0.05, 0.1) is 13.2 Å². The van der Waals surface area contributed by atoms with Gasteiger partial charge in [-0.05, 0) is 79.1 Å². The number of hydrogen-bond donors (Lipinski definition) is 0. The van der Waals surface area contributed by atoms with Gasteiger partial charge in [0.25, 0.3) is 0 Å². The Balaban J connectivity index is 1.22. The van der Waals surface area contributed by atoms with Gasteiger partial charge in [-0.15, -0.1) is 0 Å². The lowest BCUT2D eigenvalue weighted by atomic mass is 10.0. The van der Waals surface area contributed by atoms with Crippen LogP contribution in [-0.2, 0) is 6.42 Å². The number of methoxy groups -OCH3 is 1. The Morgan fingerprint density at radius 1 is 0.909 bits per heavy atom. The molecule has 1 fully saturated rings. The number of nitrogens with zero attached hydrogens (tertiary/aromatic N) is 2. The van der Waals surface area contributed by atoms with Gasteiger partial charge in [0.2, 0.25) is 0 Å². The normalized spacial score (nSPS) is 16.2. The van der Waals surface area contributed by atoms with E-state index in [9.17, 15) is 0 Å². The predicted molar refractivity (Wildman–Crippen MR) is 138 cm³/mol. The van der Waals surface area contributed by atoms with Crippen LogP contribution in [-0.4, -0.2) is 50.8 Å². The van der Waals surface area contributed by atoms with Gasteiger partial charge in [0.1, 0.15) is 11.5 Å². The quantitative estimate of drug-likeness (QED) is 0.463. The van der Waals surface area contributed by atoms with Crippen molar-refractivity contribution in [2.24, 2.45) is 0 Å². The zero-order valence-electron chi connectivity index (χ0n) is 20.0. The summed E-state index contributed by atoms with van der Waals surface area (Å²) in [5.74, 6) is 1.90. The zero-order chi connectivity index (χ0) is 22.8. The lowest BCUT2D eigenvalue weighted by Gasteiger charge is -2.36. The second kappa shape index (κ2) is 9.48. The van der Waals surface area contributed by atoms with Crippen molar-refractivity contribution in [1.29, 1.82) is 0 Å². The van der Waals surface area contributed by atoms with Crippen molar-refractivity contribution >= 4 is 22.0 Å². The van der Waals surface area contributed by atoms with Crippen molar-refractivity contribution in [3.8, 4) is 11.5 Å². The highest BCUT2D eigenvalue weighted by Gasteiger charge is 2.21. The largest absolute Gasteiger partial charge is 0.497 e. The molecule has 3 aromatic carbocycles. The Hall–Kier alpha value is -2.98. The van der Waals surface area contributed by atoms with E-state index in [-0.39, 0.29) is 6.10 Å². The molecular weight excluding hydrogens is 408 g/mol. The molecule has 1 saturated heterocycles. The summed E-state index contributed by atoms with van der Waals surface area (Å²) < 4.78 is 11.4. The molecule has 0 radical (unpaired) electrons. The number of allylic oxidation sites excluding steroid dienone is 1. The highest BCUT2D eigenvalue weighted by molar-refractivity contribution is 5.95. The minimum atomic E-state index is 0.182. The second-order valence-electron chi connectivity index (χ2n) is 9.36. The predicted octanol–water partition coefficient (Wildman–Crippen LogP) is 5.79. The van der Waals surface area contributed by atoms with Gasteiger partial charge in [-0.1, -0.05) is 30.3 Å². The minimum Gasteiger partial charge on any atom is -0.497 e. The van der Waals surface area contributed by atoms with Crippen LogP contribution in [0.2, 0.25) is 0 Å². The molecule has 3 aromatic rings. The van der Waals surface area contributed by atoms with E-state index in [1.807, 2.05) is 0 Å². The number of ether oxygens (including phenoxy) is 2. The fraction of sp³-hybridized carbons (Fsp3) is 0.379. The molecule has 0 amide bonds. The fourth-order valence-electron chi connectivity index (χ4n) is 5.09. The maximum absolute atomic E-state index is 5.96. The fourth-order valence-corrected chi connectivity index (χ4v) is 5.09. The van der Waals surface area contributed by atoms with E-state index in [0.29, 0.717) is 0 Å². The van der Waals surface area contributed by atoms with Gasteiger partial charge in [-0.25, -0.2) is 0 Å². The summed E-state index contributed by atoms with van der Waals surface area (Å²) >= 11 is 0. The van der Waals surface area contributed by atoms with Crippen LogP contribution in [0.5, 0.6) is 11.5 Å². The molecule has 0 spiro atoms. The molecule has 0 saturated carbocycles. The van der Waals surface area contributed by atoms with Crippen molar-refractivity contribution in [3.05, 3.63) is 71.8 Å². The number of fused-ring (bicyclic) bond motifs is 2. The maximum Gasteiger partial charge on any atom is 0.120 e. The standard InChI is InChI=1S/C29H34N2O2/c1-21(2)33-26-12-10-22-5-4-6-29(28(22)20-26)31-17-15-30(16-18-31)14-13-24-8-7-23-9-11-25(32-3)19-27(23)24/h4-6,8-12,19-21H,7,13-18H2,1-3H3. The molecule has 1 aliphatic carbocycles. The highest BCUT2D eigenvalue weighted by Crippen LogP contribution is 2.34. The van der Waals surface area contributed by atoms with Gasteiger partial charge in [0, 0.05) is 43.8 Å². The van der Waals surface area contributed by atoms with Crippen LogP contribution in [0.25, 0.3) is 16.3 Å². The van der Waals surface area contributed by atoms with Gasteiger partial charge in [-0.2, -0.15) is 0 Å². The molecule has 33 heavy (non-hydrogen) atoms. The smallest absolute Gasteiger partial charge is 0.120 e. The van der Waals surface area contributed by atoms with Gasteiger partial charge >= 0.3 is 0 Å². The van der Waals surface area contributed by atoms with Crippen molar-refractivity contribution in [2.75, 3.05) is 44.7 Å². The summed E-state index contributed by atoms with van der Waals surface area (Å²) in [4.78, 5) is 5.14. The summed E-state index contributed by atoms with van der Waals surface area (Å²) in [6.45, 7) is 9.56. The summed E-state index contributed by atoms with van der Waals surface area (Å²) in [5, 5.41) is 2.55. The Morgan fingerprint density at radius 2 is 1.73 bits per heavy atom. The van der Waals surface area contributed by atoms with Gasteiger partial charge < -0.3 is 14.4 Å². The monoisotopic (exact) mass is 442 g/mol. The first kappa shape index (κ1) is 21.8. The van der Waals surface area contributed by atoms with Crippen LogP contribution in [0.3, 0.4) is 0 Å². The minimum absolute atomic E-state index is 0.182.